The van der Waals surface area contributed by atoms with Gasteiger partial charge in [-0.05, 0) is 41.8 Å². The molecule has 130 valence electrons. The largest absolute Gasteiger partial charge is 0.478 e. The van der Waals surface area contributed by atoms with Crippen LogP contribution in [0.2, 0.25) is 0 Å². The predicted molar refractivity (Wildman–Crippen MR) is 104 cm³/mol. The highest BCUT2D eigenvalue weighted by Gasteiger charge is 2.09. The zero-order valence-electron chi connectivity index (χ0n) is 14.8. The molecule has 0 radical (unpaired) electrons. The molecule has 1 N–H and O–H groups in total. The number of nitrogens with zero attached hydrogens (tertiary/aromatic N) is 1. The molecule has 0 bridgehead atoms. The summed E-state index contributed by atoms with van der Waals surface area (Å²) in [6.45, 7) is 2.84. The van der Waals surface area contributed by atoms with Gasteiger partial charge in [-0.15, -0.1) is 0 Å². The number of pyridine rings is 1. The van der Waals surface area contributed by atoms with Crippen molar-refractivity contribution in [2.45, 2.75) is 19.9 Å². The lowest BCUT2D eigenvalue weighted by molar-refractivity contribution is -0.690. The Hall–Kier alpha value is -3.20. The lowest BCUT2D eigenvalue weighted by Crippen LogP contribution is -2.36. The monoisotopic (exact) mass is 344 g/mol. The van der Waals surface area contributed by atoms with Crippen molar-refractivity contribution in [1.29, 1.82) is 0 Å². The molecule has 0 aliphatic heterocycles. The Balaban J connectivity index is 1.78. The third kappa shape index (κ3) is 4.45. The molecular weight excluding hydrogens is 322 g/mol. The summed E-state index contributed by atoms with van der Waals surface area (Å²) in [4.78, 5) is 11.0. The van der Waals surface area contributed by atoms with E-state index in [9.17, 15) is 4.79 Å². The van der Waals surface area contributed by atoms with Gasteiger partial charge in [-0.2, -0.15) is 4.57 Å². The van der Waals surface area contributed by atoms with Crippen molar-refractivity contribution in [1.82, 2.24) is 0 Å². The van der Waals surface area contributed by atoms with Crippen LogP contribution in [0.4, 0.5) is 0 Å². The topological polar surface area (TPSA) is 41.2 Å². The van der Waals surface area contributed by atoms with Crippen LogP contribution in [0.15, 0.2) is 72.9 Å². The molecule has 3 nitrogen and oxygen atoms in total. The van der Waals surface area contributed by atoms with Crippen molar-refractivity contribution in [3.63, 3.8) is 0 Å². The molecule has 0 fully saturated rings. The van der Waals surface area contributed by atoms with Crippen LogP contribution in [0, 0.1) is 0 Å². The molecule has 2 aromatic carbocycles. The van der Waals surface area contributed by atoms with Crippen molar-refractivity contribution in [2.75, 3.05) is 0 Å². The highest BCUT2D eigenvalue weighted by atomic mass is 16.4. The minimum Gasteiger partial charge on any atom is -0.478 e. The number of benzene rings is 2. The Bertz CT molecular complexity index is 910. The van der Waals surface area contributed by atoms with Crippen molar-refractivity contribution < 1.29 is 14.5 Å². The maximum atomic E-state index is 11.0. The van der Waals surface area contributed by atoms with E-state index >= 15 is 0 Å². The fourth-order valence-electron chi connectivity index (χ4n) is 2.78. The average Bonchev–Trinajstić information content (AvgIpc) is 2.68. The van der Waals surface area contributed by atoms with Gasteiger partial charge in [-0.25, -0.2) is 4.79 Å². The fourth-order valence-corrected chi connectivity index (χ4v) is 2.78. The van der Waals surface area contributed by atoms with E-state index in [1.807, 2.05) is 30.5 Å². The Morgan fingerprint density at radius 1 is 0.923 bits per heavy atom. The van der Waals surface area contributed by atoms with Crippen LogP contribution < -0.4 is 4.57 Å². The molecule has 1 aromatic heterocycles. The van der Waals surface area contributed by atoms with Crippen LogP contribution in [0.5, 0.6) is 0 Å². The van der Waals surface area contributed by atoms with E-state index in [0.29, 0.717) is 12.1 Å². The molecule has 1 heterocycles. The molecule has 0 aliphatic rings. The number of aromatic carboxylic acids is 1. The van der Waals surface area contributed by atoms with Gasteiger partial charge >= 0.3 is 5.97 Å². The first kappa shape index (κ1) is 17.6. The number of aromatic nitrogens is 1. The van der Waals surface area contributed by atoms with Crippen LogP contribution in [-0.2, 0) is 13.0 Å². The van der Waals surface area contributed by atoms with E-state index in [2.05, 4.69) is 54.0 Å². The Morgan fingerprint density at radius 2 is 1.62 bits per heavy atom. The molecule has 26 heavy (non-hydrogen) atoms. The average molecular weight is 344 g/mol. The predicted octanol–water partition coefficient (Wildman–Crippen LogP) is 4.45. The zero-order chi connectivity index (χ0) is 18.4. The number of hydrogen-bond acceptors (Lipinski definition) is 1. The van der Waals surface area contributed by atoms with Gasteiger partial charge < -0.3 is 5.11 Å². The first-order chi connectivity index (χ1) is 12.7. The van der Waals surface area contributed by atoms with Crippen molar-refractivity contribution >= 4 is 18.1 Å². The van der Waals surface area contributed by atoms with Crippen LogP contribution in [0.25, 0.3) is 12.2 Å². The van der Waals surface area contributed by atoms with Gasteiger partial charge in [0.2, 0.25) is 5.69 Å². The standard InChI is InChI=1S/C23H21NO2/c1-2-18-6-8-19(9-7-18)12-15-22-5-3-4-16-24(22)17-20-10-13-21(14-11-20)23(25)26/h3-16H,2,17H2,1H3/p+1/b15-12+. The second-order valence-electron chi connectivity index (χ2n) is 6.18. The number of aryl methyl sites for hydroxylation is 1. The maximum absolute atomic E-state index is 11.0. The Labute approximate surface area is 153 Å². The van der Waals surface area contributed by atoms with E-state index in [-0.39, 0.29) is 0 Å². The van der Waals surface area contributed by atoms with E-state index in [4.69, 9.17) is 5.11 Å². The summed E-state index contributed by atoms with van der Waals surface area (Å²) in [5.74, 6) is -0.901. The number of hydrogen-bond donors (Lipinski definition) is 1. The van der Waals surface area contributed by atoms with Crippen molar-refractivity contribution in [3.8, 4) is 0 Å². The minimum absolute atomic E-state index is 0.308. The van der Waals surface area contributed by atoms with E-state index in [1.54, 1.807) is 12.1 Å². The van der Waals surface area contributed by atoms with Gasteiger partial charge in [0.15, 0.2) is 12.7 Å². The molecule has 0 amide bonds. The summed E-state index contributed by atoms with van der Waals surface area (Å²) in [6.07, 6.45) is 7.29. The SMILES string of the molecule is CCc1ccc(/C=C/c2cccc[n+]2Cc2ccc(C(=O)O)cc2)cc1. The highest BCUT2D eigenvalue weighted by Crippen LogP contribution is 2.10. The summed E-state index contributed by atoms with van der Waals surface area (Å²) in [5.41, 5.74) is 4.97. The van der Waals surface area contributed by atoms with Crippen LogP contribution in [0.1, 0.15) is 39.7 Å². The van der Waals surface area contributed by atoms with Crippen LogP contribution in [0.3, 0.4) is 0 Å². The molecular formula is C23H22NO2+. The highest BCUT2D eigenvalue weighted by molar-refractivity contribution is 5.87. The molecule has 0 unspecified atom stereocenters. The molecule has 3 aromatic rings. The van der Waals surface area contributed by atoms with Gasteiger partial charge in [0.25, 0.3) is 0 Å². The first-order valence-electron chi connectivity index (χ1n) is 8.73. The van der Waals surface area contributed by atoms with Gasteiger partial charge in [-0.3, -0.25) is 0 Å². The molecule has 0 saturated carbocycles. The number of carbonyl (C=O) groups is 1. The molecule has 0 spiro atoms. The van der Waals surface area contributed by atoms with E-state index in [1.165, 1.54) is 11.1 Å². The summed E-state index contributed by atoms with van der Waals surface area (Å²) in [5, 5.41) is 9.01. The third-order valence-corrected chi connectivity index (χ3v) is 4.36. The third-order valence-electron chi connectivity index (χ3n) is 4.36. The van der Waals surface area contributed by atoms with Crippen molar-refractivity contribution in [2.24, 2.45) is 0 Å². The molecule has 0 aliphatic carbocycles. The maximum Gasteiger partial charge on any atom is 0.335 e. The normalized spacial score (nSPS) is 11.0. The summed E-state index contributed by atoms with van der Waals surface area (Å²) in [6, 6.07) is 21.7. The lowest BCUT2D eigenvalue weighted by Gasteiger charge is -2.02. The smallest absolute Gasteiger partial charge is 0.335 e. The molecule has 3 rings (SSSR count). The summed E-state index contributed by atoms with van der Waals surface area (Å²) >= 11 is 0. The molecule has 3 heteroatoms. The van der Waals surface area contributed by atoms with E-state index < -0.39 is 5.97 Å². The van der Waals surface area contributed by atoms with Gasteiger partial charge in [-0.1, -0.05) is 43.3 Å². The van der Waals surface area contributed by atoms with E-state index in [0.717, 1.165) is 17.7 Å². The summed E-state index contributed by atoms with van der Waals surface area (Å²) < 4.78 is 2.15. The Kier molecular flexibility index (Phi) is 5.59. The second-order valence-corrected chi connectivity index (χ2v) is 6.18. The summed E-state index contributed by atoms with van der Waals surface area (Å²) in [7, 11) is 0. The number of carboxylic acids is 1. The number of carboxylic acid groups (broad SMARTS) is 1. The minimum atomic E-state index is -0.901. The molecule has 0 atom stereocenters. The first-order valence-corrected chi connectivity index (χ1v) is 8.73. The van der Waals surface area contributed by atoms with Crippen LogP contribution in [-0.4, -0.2) is 11.1 Å². The lowest BCUT2D eigenvalue weighted by atomic mass is 10.1. The quantitative estimate of drug-likeness (QED) is 0.671. The van der Waals surface area contributed by atoms with Crippen molar-refractivity contribution in [3.05, 3.63) is 101 Å². The van der Waals surface area contributed by atoms with Gasteiger partial charge in [0.05, 0.1) is 5.56 Å². The van der Waals surface area contributed by atoms with Gasteiger partial charge in [0, 0.05) is 23.8 Å². The zero-order valence-corrected chi connectivity index (χ0v) is 14.8. The second kappa shape index (κ2) is 8.26. The Morgan fingerprint density at radius 3 is 2.27 bits per heavy atom. The van der Waals surface area contributed by atoms with Crippen LogP contribution >= 0.6 is 0 Å². The van der Waals surface area contributed by atoms with Gasteiger partial charge in [0.1, 0.15) is 0 Å². The fraction of sp³-hybridized carbons (Fsp3) is 0.130. The number of rotatable bonds is 6. The molecule has 0 saturated heterocycles.